The molecule has 0 aliphatic rings. The van der Waals surface area contributed by atoms with E-state index >= 15 is 0 Å². The van der Waals surface area contributed by atoms with Gasteiger partial charge in [0.25, 0.3) is 0 Å². The first-order valence-corrected chi connectivity index (χ1v) is 4.09. The van der Waals surface area contributed by atoms with E-state index in [-0.39, 0.29) is 0 Å². The minimum Gasteiger partial charge on any atom is -0.387 e. The van der Waals surface area contributed by atoms with Gasteiger partial charge in [-0.15, -0.1) is 0 Å². The molecule has 0 atom stereocenters. The lowest BCUT2D eigenvalue weighted by Gasteiger charge is -1.99. The maximum absolute atomic E-state index is 5.59. The van der Waals surface area contributed by atoms with Gasteiger partial charge in [-0.25, -0.2) is 0 Å². The quantitative estimate of drug-likeness (QED) is 0.358. The standard InChI is InChI=1S/C8H18N2O/c1-3-6-10-8(9)5-4-7-11-2/h3-7H2,1-2H3,(H2,9,10). The molecule has 0 aliphatic heterocycles. The number of methoxy groups -OCH3 is 1. The van der Waals surface area contributed by atoms with E-state index in [0.717, 1.165) is 38.2 Å². The zero-order valence-corrected chi connectivity index (χ0v) is 7.47. The molecule has 2 N–H and O–H groups in total. The molecule has 0 bridgehead atoms. The predicted octanol–water partition coefficient (Wildman–Crippen LogP) is 1.18. The number of hydrogen-bond acceptors (Lipinski definition) is 2. The van der Waals surface area contributed by atoms with Gasteiger partial charge in [0.2, 0.25) is 0 Å². The Kier molecular flexibility index (Phi) is 7.15. The van der Waals surface area contributed by atoms with E-state index < -0.39 is 0 Å². The summed E-state index contributed by atoms with van der Waals surface area (Å²) in [5.41, 5.74) is 5.59. The molecule has 0 saturated carbocycles. The van der Waals surface area contributed by atoms with Crippen molar-refractivity contribution in [1.82, 2.24) is 0 Å². The highest BCUT2D eigenvalue weighted by atomic mass is 16.5. The highest BCUT2D eigenvalue weighted by molar-refractivity contribution is 5.80. The molecule has 11 heavy (non-hydrogen) atoms. The molecule has 0 unspecified atom stereocenters. The average Bonchev–Trinajstić information content (AvgIpc) is 2.01. The maximum atomic E-state index is 5.59. The van der Waals surface area contributed by atoms with E-state index in [2.05, 4.69) is 11.9 Å². The molecule has 0 rings (SSSR count). The molecule has 66 valence electrons. The first kappa shape index (κ1) is 10.4. The number of nitrogens with zero attached hydrogens (tertiary/aromatic N) is 1. The molecule has 3 heteroatoms. The van der Waals surface area contributed by atoms with Gasteiger partial charge in [0.05, 0.1) is 5.84 Å². The van der Waals surface area contributed by atoms with Crippen LogP contribution in [0.1, 0.15) is 26.2 Å². The van der Waals surface area contributed by atoms with Crippen LogP contribution < -0.4 is 5.73 Å². The topological polar surface area (TPSA) is 47.6 Å². The first-order chi connectivity index (χ1) is 5.31. The van der Waals surface area contributed by atoms with Gasteiger partial charge in [-0.2, -0.15) is 0 Å². The number of aliphatic imine (C=N–C) groups is 1. The largest absolute Gasteiger partial charge is 0.387 e. The van der Waals surface area contributed by atoms with Crippen molar-refractivity contribution in [3.05, 3.63) is 0 Å². The zero-order chi connectivity index (χ0) is 8.53. The van der Waals surface area contributed by atoms with Gasteiger partial charge in [0.1, 0.15) is 0 Å². The van der Waals surface area contributed by atoms with Crippen molar-refractivity contribution < 1.29 is 4.74 Å². The Hall–Kier alpha value is -0.570. The molecule has 0 saturated heterocycles. The second kappa shape index (κ2) is 7.54. The fourth-order valence-electron chi connectivity index (χ4n) is 0.732. The Morgan fingerprint density at radius 3 is 2.82 bits per heavy atom. The van der Waals surface area contributed by atoms with E-state index in [1.54, 1.807) is 7.11 Å². The van der Waals surface area contributed by atoms with E-state index in [0.29, 0.717) is 0 Å². The van der Waals surface area contributed by atoms with Crippen LogP contribution in [0.25, 0.3) is 0 Å². The van der Waals surface area contributed by atoms with Gasteiger partial charge in [-0.05, 0) is 12.8 Å². The van der Waals surface area contributed by atoms with Crippen molar-refractivity contribution in [2.24, 2.45) is 10.7 Å². The molecule has 0 amide bonds. The minimum atomic E-state index is 0.754. The van der Waals surface area contributed by atoms with E-state index in [1.807, 2.05) is 0 Å². The number of nitrogens with two attached hydrogens (primary N) is 1. The predicted molar refractivity (Wildman–Crippen MR) is 47.9 cm³/mol. The molecule has 0 fully saturated rings. The Bertz CT molecular complexity index is 113. The normalized spacial score (nSPS) is 12.0. The first-order valence-electron chi connectivity index (χ1n) is 4.09. The number of amidine groups is 1. The molecule has 0 spiro atoms. The SMILES string of the molecule is CCCN=C(N)CCCOC. The number of hydrogen-bond donors (Lipinski definition) is 1. The van der Waals surface area contributed by atoms with Gasteiger partial charge >= 0.3 is 0 Å². The third kappa shape index (κ3) is 7.33. The van der Waals surface area contributed by atoms with Gasteiger partial charge in [0.15, 0.2) is 0 Å². The molecule has 0 aromatic carbocycles. The van der Waals surface area contributed by atoms with Crippen LogP contribution in [0.5, 0.6) is 0 Å². The third-order valence-corrected chi connectivity index (χ3v) is 1.32. The molecule has 3 nitrogen and oxygen atoms in total. The summed E-state index contributed by atoms with van der Waals surface area (Å²) in [4.78, 5) is 4.15. The van der Waals surface area contributed by atoms with Gasteiger partial charge in [0, 0.05) is 26.7 Å². The van der Waals surface area contributed by atoms with Crippen LogP contribution in [0, 0.1) is 0 Å². The molecule has 0 heterocycles. The summed E-state index contributed by atoms with van der Waals surface area (Å²) in [6.07, 6.45) is 2.88. The fraction of sp³-hybridized carbons (Fsp3) is 0.875. The summed E-state index contributed by atoms with van der Waals surface area (Å²) < 4.78 is 4.89. The smallest absolute Gasteiger partial charge is 0.0937 e. The van der Waals surface area contributed by atoms with Crippen molar-refractivity contribution in [3.8, 4) is 0 Å². The molecule has 0 aromatic heterocycles. The third-order valence-electron chi connectivity index (χ3n) is 1.32. The lowest BCUT2D eigenvalue weighted by Crippen LogP contribution is -2.12. The van der Waals surface area contributed by atoms with Crippen molar-refractivity contribution in [1.29, 1.82) is 0 Å². The number of rotatable bonds is 6. The Morgan fingerprint density at radius 2 is 2.27 bits per heavy atom. The van der Waals surface area contributed by atoms with Crippen LogP contribution in [0.15, 0.2) is 4.99 Å². The van der Waals surface area contributed by atoms with E-state index in [9.17, 15) is 0 Å². The second-order valence-electron chi connectivity index (χ2n) is 2.47. The minimum absolute atomic E-state index is 0.754. The van der Waals surface area contributed by atoms with Gasteiger partial charge in [-0.3, -0.25) is 4.99 Å². The summed E-state index contributed by atoms with van der Waals surface area (Å²) in [5.74, 6) is 0.754. The number of ether oxygens (including phenoxy) is 1. The van der Waals surface area contributed by atoms with Gasteiger partial charge < -0.3 is 10.5 Å². The summed E-state index contributed by atoms with van der Waals surface area (Å²) in [6.45, 7) is 3.70. The van der Waals surface area contributed by atoms with Gasteiger partial charge in [-0.1, -0.05) is 6.92 Å². The van der Waals surface area contributed by atoms with Crippen molar-refractivity contribution in [2.75, 3.05) is 20.3 Å². The van der Waals surface area contributed by atoms with Crippen molar-refractivity contribution in [2.45, 2.75) is 26.2 Å². The monoisotopic (exact) mass is 158 g/mol. The Balaban J connectivity index is 3.27. The van der Waals surface area contributed by atoms with Crippen LogP contribution in [-0.2, 0) is 4.74 Å². The van der Waals surface area contributed by atoms with Crippen molar-refractivity contribution >= 4 is 5.84 Å². The highest BCUT2D eigenvalue weighted by Crippen LogP contribution is 1.90. The fourth-order valence-corrected chi connectivity index (χ4v) is 0.732. The van der Waals surface area contributed by atoms with Crippen molar-refractivity contribution in [3.63, 3.8) is 0 Å². The lowest BCUT2D eigenvalue weighted by molar-refractivity contribution is 0.196. The highest BCUT2D eigenvalue weighted by Gasteiger charge is 1.90. The molecule has 0 aromatic rings. The maximum Gasteiger partial charge on any atom is 0.0937 e. The lowest BCUT2D eigenvalue weighted by atomic mass is 10.3. The summed E-state index contributed by atoms with van der Waals surface area (Å²) in [6, 6.07) is 0. The van der Waals surface area contributed by atoms with Crippen LogP contribution in [0.4, 0.5) is 0 Å². The molecule has 0 radical (unpaired) electrons. The van der Waals surface area contributed by atoms with E-state index in [4.69, 9.17) is 10.5 Å². The Morgan fingerprint density at radius 1 is 1.55 bits per heavy atom. The van der Waals surface area contributed by atoms with Crippen LogP contribution in [0.3, 0.4) is 0 Å². The summed E-state index contributed by atoms with van der Waals surface area (Å²) >= 11 is 0. The zero-order valence-electron chi connectivity index (χ0n) is 7.47. The molecule has 0 aliphatic carbocycles. The summed E-state index contributed by atoms with van der Waals surface area (Å²) in [7, 11) is 1.69. The molecular weight excluding hydrogens is 140 g/mol. The van der Waals surface area contributed by atoms with Crippen LogP contribution >= 0.6 is 0 Å². The molecular formula is C8H18N2O. The van der Waals surface area contributed by atoms with E-state index in [1.165, 1.54) is 0 Å². The average molecular weight is 158 g/mol. The summed E-state index contributed by atoms with van der Waals surface area (Å²) in [5, 5.41) is 0. The second-order valence-corrected chi connectivity index (χ2v) is 2.47. The Labute approximate surface area is 68.6 Å². The van der Waals surface area contributed by atoms with Crippen LogP contribution in [0.2, 0.25) is 0 Å². The van der Waals surface area contributed by atoms with Crippen LogP contribution in [-0.4, -0.2) is 26.1 Å².